The Morgan fingerprint density at radius 3 is 3.00 bits per heavy atom. The molecule has 3 rings (SSSR count). The van der Waals surface area contributed by atoms with Gasteiger partial charge in [0.05, 0.1) is 0 Å². The van der Waals surface area contributed by atoms with Gasteiger partial charge in [0.2, 0.25) is 5.91 Å². The maximum Gasteiger partial charge on any atom is 0.226 e. The molecule has 0 atom stereocenters. The zero-order valence-corrected chi connectivity index (χ0v) is 10.7. The van der Waals surface area contributed by atoms with Crippen molar-refractivity contribution < 1.29 is 4.79 Å². The van der Waals surface area contributed by atoms with Gasteiger partial charge in [0.25, 0.3) is 0 Å². The van der Waals surface area contributed by atoms with Gasteiger partial charge in [0.15, 0.2) is 0 Å². The molecule has 0 unspecified atom stereocenters. The Hall–Kier alpha value is -1.51. The van der Waals surface area contributed by atoms with Crippen LogP contribution < -0.4 is 10.6 Å². The summed E-state index contributed by atoms with van der Waals surface area (Å²) in [7, 11) is 0. The minimum Gasteiger partial charge on any atom is -0.398 e. The van der Waals surface area contributed by atoms with Gasteiger partial charge in [-0.2, -0.15) is 0 Å². The Morgan fingerprint density at radius 1 is 1.39 bits per heavy atom. The number of hydrogen-bond acceptors (Lipinski definition) is 2. The third kappa shape index (κ3) is 2.22. The maximum absolute atomic E-state index is 12.3. The Morgan fingerprint density at radius 2 is 2.22 bits per heavy atom. The molecule has 0 aromatic heterocycles. The third-order valence-electron chi connectivity index (χ3n) is 4.05. The molecule has 0 bridgehead atoms. The fraction of sp³-hybridized carbons (Fsp3) is 0.533. The summed E-state index contributed by atoms with van der Waals surface area (Å²) in [6.45, 7) is 0.847. The smallest absolute Gasteiger partial charge is 0.226 e. The van der Waals surface area contributed by atoms with E-state index < -0.39 is 0 Å². The van der Waals surface area contributed by atoms with Crippen molar-refractivity contribution in [2.75, 3.05) is 17.2 Å². The lowest BCUT2D eigenvalue weighted by Gasteiger charge is -2.30. The largest absolute Gasteiger partial charge is 0.398 e. The van der Waals surface area contributed by atoms with E-state index in [-0.39, 0.29) is 5.91 Å². The molecule has 1 saturated carbocycles. The molecule has 1 aromatic carbocycles. The quantitative estimate of drug-likeness (QED) is 0.831. The van der Waals surface area contributed by atoms with Gasteiger partial charge in [0, 0.05) is 24.3 Å². The van der Waals surface area contributed by atoms with Crippen molar-refractivity contribution in [2.24, 2.45) is 5.92 Å². The van der Waals surface area contributed by atoms with E-state index in [0.29, 0.717) is 6.42 Å². The molecule has 1 heterocycles. The summed E-state index contributed by atoms with van der Waals surface area (Å²) in [5, 5.41) is 0. The number of anilines is 2. The lowest BCUT2D eigenvalue weighted by atomic mass is 9.99. The highest BCUT2D eigenvalue weighted by Gasteiger charge is 2.26. The Balaban J connectivity index is 1.77. The van der Waals surface area contributed by atoms with Crippen LogP contribution in [0.15, 0.2) is 18.2 Å². The molecule has 1 amide bonds. The number of hydrogen-bond donors (Lipinski definition) is 1. The fourth-order valence-electron chi connectivity index (χ4n) is 2.78. The van der Waals surface area contributed by atoms with Crippen molar-refractivity contribution in [1.29, 1.82) is 0 Å². The van der Waals surface area contributed by atoms with Gasteiger partial charge >= 0.3 is 0 Å². The average molecular weight is 244 g/mol. The van der Waals surface area contributed by atoms with E-state index in [2.05, 4.69) is 0 Å². The number of benzene rings is 1. The summed E-state index contributed by atoms with van der Waals surface area (Å²) in [6.07, 6.45) is 6.41. The highest BCUT2D eigenvalue weighted by atomic mass is 16.2. The SMILES string of the molecule is Nc1cccc2c1CCCN2C(=O)CCC1CC1. The van der Waals surface area contributed by atoms with Crippen LogP contribution in [0.4, 0.5) is 11.4 Å². The zero-order valence-electron chi connectivity index (χ0n) is 10.7. The monoisotopic (exact) mass is 244 g/mol. The van der Waals surface area contributed by atoms with Crippen molar-refractivity contribution >= 4 is 17.3 Å². The lowest BCUT2D eigenvalue weighted by molar-refractivity contribution is -0.118. The van der Waals surface area contributed by atoms with E-state index in [0.717, 1.165) is 48.7 Å². The zero-order chi connectivity index (χ0) is 12.5. The van der Waals surface area contributed by atoms with E-state index in [9.17, 15) is 4.79 Å². The van der Waals surface area contributed by atoms with Crippen molar-refractivity contribution in [3.63, 3.8) is 0 Å². The number of amides is 1. The fourth-order valence-corrected chi connectivity index (χ4v) is 2.78. The highest BCUT2D eigenvalue weighted by Crippen LogP contribution is 2.35. The van der Waals surface area contributed by atoms with Gasteiger partial charge in [-0.1, -0.05) is 18.9 Å². The molecule has 18 heavy (non-hydrogen) atoms. The van der Waals surface area contributed by atoms with Crippen LogP contribution in [0.5, 0.6) is 0 Å². The summed E-state index contributed by atoms with van der Waals surface area (Å²) in [6, 6.07) is 5.90. The maximum atomic E-state index is 12.3. The molecule has 2 aliphatic rings. The van der Waals surface area contributed by atoms with Crippen LogP contribution in [0.1, 0.15) is 37.7 Å². The molecule has 1 aliphatic carbocycles. The van der Waals surface area contributed by atoms with Crippen molar-refractivity contribution in [2.45, 2.75) is 38.5 Å². The minimum atomic E-state index is 0.272. The molecular weight excluding hydrogens is 224 g/mol. The molecule has 1 aliphatic heterocycles. The van der Waals surface area contributed by atoms with Gasteiger partial charge in [-0.3, -0.25) is 4.79 Å². The average Bonchev–Trinajstić information content (AvgIpc) is 3.20. The highest BCUT2D eigenvalue weighted by molar-refractivity contribution is 5.95. The van der Waals surface area contributed by atoms with Gasteiger partial charge in [0.1, 0.15) is 0 Å². The van der Waals surface area contributed by atoms with Gasteiger partial charge in [-0.15, -0.1) is 0 Å². The van der Waals surface area contributed by atoms with Crippen LogP contribution in [-0.2, 0) is 11.2 Å². The van der Waals surface area contributed by atoms with Crippen molar-refractivity contribution in [3.05, 3.63) is 23.8 Å². The van der Waals surface area contributed by atoms with Crippen LogP contribution in [0, 0.1) is 5.92 Å². The second-order valence-electron chi connectivity index (χ2n) is 5.48. The van der Waals surface area contributed by atoms with Gasteiger partial charge < -0.3 is 10.6 Å². The molecule has 3 nitrogen and oxygen atoms in total. The Kier molecular flexibility index (Phi) is 2.98. The normalized spacial score (nSPS) is 18.6. The molecule has 3 heteroatoms. The molecule has 1 aromatic rings. The molecular formula is C15H20N2O. The predicted molar refractivity (Wildman–Crippen MR) is 73.5 cm³/mol. The second-order valence-corrected chi connectivity index (χ2v) is 5.48. The standard InChI is InChI=1S/C15H20N2O/c16-13-4-1-5-14-12(13)3-2-10-17(14)15(18)9-8-11-6-7-11/h1,4-5,11H,2-3,6-10,16H2. The van der Waals surface area contributed by atoms with E-state index in [1.165, 1.54) is 12.8 Å². The Bertz CT molecular complexity index is 466. The molecule has 0 saturated heterocycles. The lowest BCUT2D eigenvalue weighted by Crippen LogP contribution is -2.35. The van der Waals surface area contributed by atoms with Gasteiger partial charge in [-0.05, 0) is 42.9 Å². The number of fused-ring (bicyclic) bond motifs is 1. The van der Waals surface area contributed by atoms with E-state index in [1.807, 2.05) is 23.1 Å². The number of carbonyl (C=O) groups is 1. The van der Waals surface area contributed by atoms with E-state index in [4.69, 9.17) is 5.73 Å². The molecule has 96 valence electrons. The minimum absolute atomic E-state index is 0.272. The van der Waals surface area contributed by atoms with Crippen LogP contribution in [0.25, 0.3) is 0 Å². The van der Waals surface area contributed by atoms with E-state index in [1.54, 1.807) is 0 Å². The van der Waals surface area contributed by atoms with Crippen LogP contribution in [0.3, 0.4) is 0 Å². The summed E-state index contributed by atoms with van der Waals surface area (Å²) in [5.41, 5.74) is 9.02. The third-order valence-corrected chi connectivity index (χ3v) is 4.05. The predicted octanol–water partition coefficient (Wildman–Crippen LogP) is 2.74. The first kappa shape index (κ1) is 11.6. The number of nitrogens with zero attached hydrogens (tertiary/aromatic N) is 1. The van der Waals surface area contributed by atoms with Crippen LogP contribution in [0.2, 0.25) is 0 Å². The van der Waals surface area contributed by atoms with E-state index >= 15 is 0 Å². The second kappa shape index (κ2) is 4.63. The van der Waals surface area contributed by atoms with Crippen molar-refractivity contribution in [1.82, 2.24) is 0 Å². The van der Waals surface area contributed by atoms with Gasteiger partial charge in [-0.25, -0.2) is 0 Å². The summed E-state index contributed by atoms with van der Waals surface area (Å²) >= 11 is 0. The first-order chi connectivity index (χ1) is 8.75. The first-order valence-corrected chi connectivity index (χ1v) is 6.93. The topological polar surface area (TPSA) is 46.3 Å². The molecule has 1 fully saturated rings. The van der Waals surface area contributed by atoms with Crippen LogP contribution in [-0.4, -0.2) is 12.5 Å². The number of carbonyl (C=O) groups excluding carboxylic acids is 1. The first-order valence-electron chi connectivity index (χ1n) is 6.93. The van der Waals surface area contributed by atoms with Crippen molar-refractivity contribution in [3.8, 4) is 0 Å². The molecule has 0 spiro atoms. The summed E-state index contributed by atoms with van der Waals surface area (Å²) in [4.78, 5) is 14.2. The molecule has 2 N–H and O–H groups in total. The Labute approximate surface area is 108 Å². The number of nitrogen functional groups attached to an aromatic ring is 1. The van der Waals surface area contributed by atoms with Crippen LogP contribution >= 0.6 is 0 Å². The molecule has 0 radical (unpaired) electrons. The number of rotatable bonds is 3. The summed E-state index contributed by atoms with van der Waals surface area (Å²) in [5.74, 6) is 1.09. The number of nitrogens with two attached hydrogens (primary N) is 1. The summed E-state index contributed by atoms with van der Waals surface area (Å²) < 4.78 is 0.